The van der Waals surface area contributed by atoms with Gasteiger partial charge in [0.15, 0.2) is 0 Å². The van der Waals surface area contributed by atoms with Gasteiger partial charge in [-0.15, -0.1) is 0 Å². The molecule has 24 heavy (non-hydrogen) atoms. The number of nitrogens with one attached hydrogen (secondary N) is 1. The van der Waals surface area contributed by atoms with Gasteiger partial charge in [-0.05, 0) is 55.2 Å². The molecule has 1 aliphatic heterocycles. The molecule has 3 nitrogen and oxygen atoms in total. The number of rotatable bonds is 3. The summed E-state index contributed by atoms with van der Waals surface area (Å²) in [6.07, 6.45) is 1.16. The van der Waals surface area contributed by atoms with Crippen LogP contribution in [0.5, 0.6) is 0 Å². The third-order valence-electron chi connectivity index (χ3n) is 4.61. The maximum absolute atomic E-state index is 13.3. The van der Waals surface area contributed by atoms with Crippen LogP contribution in [0, 0.1) is 12.7 Å². The number of amides is 1. The minimum atomic E-state index is -0.691. The molecule has 1 N–H and O–H groups in total. The highest BCUT2D eigenvalue weighted by Gasteiger charge is 2.41. The lowest BCUT2D eigenvalue weighted by atomic mass is 9.73. The average molecular weight is 392 g/mol. The number of halogens is 2. The van der Waals surface area contributed by atoms with Crippen LogP contribution in [0.15, 0.2) is 46.9 Å². The highest BCUT2D eigenvalue weighted by Crippen LogP contribution is 2.36. The fourth-order valence-electron chi connectivity index (χ4n) is 3.06. The summed E-state index contributed by atoms with van der Waals surface area (Å²) < 4.78 is 19.7. The van der Waals surface area contributed by atoms with Crippen molar-refractivity contribution < 1.29 is 13.9 Å². The Kier molecular flexibility index (Phi) is 5.01. The van der Waals surface area contributed by atoms with Gasteiger partial charge < -0.3 is 10.1 Å². The van der Waals surface area contributed by atoms with Gasteiger partial charge in [0.05, 0.1) is 5.41 Å². The first-order valence-electron chi connectivity index (χ1n) is 7.93. The predicted molar refractivity (Wildman–Crippen MR) is 95.6 cm³/mol. The van der Waals surface area contributed by atoms with Crippen molar-refractivity contribution in [1.29, 1.82) is 0 Å². The third-order valence-corrected chi connectivity index (χ3v) is 5.46. The zero-order valence-corrected chi connectivity index (χ0v) is 15.0. The molecular weight excluding hydrogens is 373 g/mol. The summed E-state index contributed by atoms with van der Waals surface area (Å²) in [6, 6.07) is 11.9. The topological polar surface area (TPSA) is 38.3 Å². The van der Waals surface area contributed by atoms with Gasteiger partial charge in [-0.25, -0.2) is 4.39 Å². The van der Waals surface area contributed by atoms with E-state index in [4.69, 9.17) is 4.74 Å². The zero-order chi connectivity index (χ0) is 17.2. The molecule has 0 atom stereocenters. The molecule has 0 bridgehead atoms. The Morgan fingerprint density at radius 1 is 1.17 bits per heavy atom. The van der Waals surface area contributed by atoms with E-state index in [-0.39, 0.29) is 11.7 Å². The molecule has 2 aromatic carbocycles. The van der Waals surface area contributed by atoms with Gasteiger partial charge in [0, 0.05) is 23.4 Å². The molecule has 0 radical (unpaired) electrons. The molecule has 0 aliphatic carbocycles. The van der Waals surface area contributed by atoms with Crippen molar-refractivity contribution in [1.82, 2.24) is 0 Å². The van der Waals surface area contributed by atoms with Gasteiger partial charge in [0.25, 0.3) is 0 Å². The quantitative estimate of drug-likeness (QED) is 0.830. The molecule has 3 rings (SSSR count). The minimum Gasteiger partial charge on any atom is -0.381 e. The van der Waals surface area contributed by atoms with E-state index in [1.807, 2.05) is 25.1 Å². The van der Waals surface area contributed by atoms with Crippen molar-refractivity contribution in [2.24, 2.45) is 0 Å². The van der Waals surface area contributed by atoms with E-state index in [2.05, 4.69) is 21.2 Å². The van der Waals surface area contributed by atoms with Crippen molar-refractivity contribution in [3.05, 3.63) is 63.9 Å². The summed E-state index contributed by atoms with van der Waals surface area (Å²) >= 11 is 3.49. The standard InChI is InChI=1S/C19H19BrFNO2/c1-13-2-7-16(12-17(13)20)22-18(23)19(8-10-24-11-9-19)14-3-5-15(21)6-4-14/h2-7,12H,8-11H2,1H3,(H,22,23). The lowest BCUT2D eigenvalue weighted by molar-refractivity contribution is -0.125. The smallest absolute Gasteiger partial charge is 0.235 e. The molecule has 126 valence electrons. The maximum atomic E-state index is 13.3. The molecule has 1 heterocycles. The van der Waals surface area contributed by atoms with Crippen molar-refractivity contribution in [2.75, 3.05) is 18.5 Å². The minimum absolute atomic E-state index is 0.0758. The average Bonchev–Trinajstić information content (AvgIpc) is 2.59. The van der Waals surface area contributed by atoms with E-state index in [1.165, 1.54) is 12.1 Å². The number of carbonyl (C=O) groups is 1. The Morgan fingerprint density at radius 3 is 2.46 bits per heavy atom. The van der Waals surface area contributed by atoms with Gasteiger partial charge in [-0.1, -0.05) is 34.1 Å². The van der Waals surface area contributed by atoms with Crippen LogP contribution >= 0.6 is 15.9 Å². The normalized spacial score (nSPS) is 16.6. The van der Waals surface area contributed by atoms with Crippen LogP contribution in [0.3, 0.4) is 0 Å². The summed E-state index contributed by atoms with van der Waals surface area (Å²) in [6.45, 7) is 3.03. The number of hydrogen-bond acceptors (Lipinski definition) is 2. The van der Waals surface area contributed by atoms with Crippen molar-refractivity contribution in [3.63, 3.8) is 0 Å². The summed E-state index contributed by atoms with van der Waals surface area (Å²) in [5.74, 6) is -0.378. The number of ether oxygens (including phenoxy) is 1. The molecule has 5 heteroatoms. The Bertz CT molecular complexity index is 740. The van der Waals surface area contributed by atoms with Crippen molar-refractivity contribution in [2.45, 2.75) is 25.2 Å². The van der Waals surface area contributed by atoms with Crippen LogP contribution in [0.4, 0.5) is 10.1 Å². The molecule has 0 unspecified atom stereocenters. The van der Waals surface area contributed by atoms with E-state index in [9.17, 15) is 9.18 Å². The summed E-state index contributed by atoms with van der Waals surface area (Å²) in [5.41, 5.74) is 1.98. The Morgan fingerprint density at radius 2 is 1.83 bits per heavy atom. The predicted octanol–water partition coefficient (Wildman–Crippen LogP) is 4.58. The summed E-state index contributed by atoms with van der Waals surface area (Å²) in [5, 5.41) is 3.02. The highest BCUT2D eigenvalue weighted by molar-refractivity contribution is 9.10. The molecule has 1 amide bonds. The van der Waals surface area contributed by atoms with Crippen LogP contribution < -0.4 is 5.32 Å². The molecule has 1 fully saturated rings. The van der Waals surface area contributed by atoms with Crippen LogP contribution in [-0.4, -0.2) is 19.1 Å². The second-order valence-electron chi connectivity index (χ2n) is 6.12. The van der Waals surface area contributed by atoms with E-state index in [0.717, 1.165) is 21.3 Å². The van der Waals surface area contributed by atoms with Gasteiger partial charge in [0.2, 0.25) is 5.91 Å². The first-order valence-corrected chi connectivity index (χ1v) is 8.72. The first-order chi connectivity index (χ1) is 11.5. The first kappa shape index (κ1) is 17.1. The number of aryl methyl sites for hydroxylation is 1. The highest BCUT2D eigenvalue weighted by atomic mass is 79.9. The summed E-state index contributed by atoms with van der Waals surface area (Å²) in [4.78, 5) is 13.1. The molecule has 1 aliphatic rings. The molecule has 2 aromatic rings. The maximum Gasteiger partial charge on any atom is 0.235 e. The van der Waals surface area contributed by atoms with Crippen LogP contribution in [0.1, 0.15) is 24.0 Å². The molecule has 0 saturated carbocycles. The second kappa shape index (κ2) is 7.03. The van der Waals surface area contributed by atoms with Gasteiger partial charge in [-0.2, -0.15) is 0 Å². The van der Waals surface area contributed by atoms with Gasteiger partial charge >= 0.3 is 0 Å². The van der Waals surface area contributed by atoms with Gasteiger partial charge in [0.1, 0.15) is 5.82 Å². The van der Waals surface area contributed by atoms with Crippen molar-refractivity contribution >= 4 is 27.5 Å². The fourth-order valence-corrected chi connectivity index (χ4v) is 3.44. The van der Waals surface area contributed by atoms with E-state index < -0.39 is 5.41 Å². The lowest BCUT2D eigenvalue weighted by Gasteiger charge is -2.36. The van der Waals surface area contributed by atoms with E-state index >= 15 is 0 Å². The molecular formula is C19H19BrFNO2. The van der Waals surface area contributed by atoms with Crippen LogP contribution in [0.2, 0.25) is 0 Å². The fraction of sp³-hybridized carbons (Fsp3) is 0.316. The zero-order valence-electron chi connectivity index (χ0n) is 13.4. The monoisotopic (exact) mass is 391 g/mol. The third kappa shape index (κ3) is 3.37. The largest absolute Gasteiger partial charge is 0.381 e. The Balaban J connectivity index is 1.91. The number of benzene rings is 2. The summed E-state index contributed by atoms with van der Waals surface area (Å²) in [7, 11) is 0. The Hall–Kier alpha value is -1.72. The SMILES string of the molecule is Cc1ccc(NC(=O)C2(c3ccc(F)cc3)CCOCC2)cc1Br. The molecule has 1 saturated heterocycles. The lowest BCUT2D eigenvalue weighted by Crippen LogP contribution is -2.44. The van der Waals surface area contributed by atoms with E-state index in [0.29, 0.717) is 26.1 Å². The van der Waals surface area contributed by atoms with E-state index in [1.54, 1.807) is 12.1 Å². The number of carbonyl (C=O) groups excluding carboxylic acids is 1. The van der Waals surface area contributed by atoms with Crippen molar-refractivity contribution in [3.8, 4) is 0 Å². The Labute approximate surface area is 149 Å². The van der Waals surface area contributed by atoms with Crippen LogP contribution in [0.25, 0.3) is 0 Å². The van der Waals surface area contributed by atoms with Gasteiger partial charge in [-0.3, -0.25) is 4.79 Å². The molecule has 0 aromatic heterocycles. The van der Waals surface area contributed by atoms with Crippen LogP contribution in [-0.2, 0) is 14.9 Å². The molecule has 0 spiro atoms. The number of hydrogen-bond donors (Lipinski definition) is 1. The second-order valence-corrected chi connectivity index (χ2v) is 6.97. The number of anilines is 1.